The van der Waals surface area contributed by atoms with Gasteiger partial charge in [-0.05, 0) is 12.0 Å². The molecule has 0 aliphatic heterocycles. The number of hydrogen-bond acceptors (Lipinski definition) is 4. The number of aliphatic hydroxyl groups is 3. The first-order chi connectivity index (χ1) is 7.67. The number of rotatable bonds is 9. The summed E-state index contributed by atoms with van der Waals surface area (Å²) in [5.74, 6) is 0. The number of unbranched alkanes of at least 4 members (excludes halogenated alkanes) is 3. The Hall–Kier alpha value is -0.810. The maximum absolute atomic E-state index is 9.60. The van der Waals surface area contributed by atoms with Gasteiger partial charge in [-0.25, -0.2) is 0 Å². The molecule has 0 aliphatic rings. The van der Waals surface area contributed by atoms with Crippen LogP contribution < -0.4 is 0 Å². The zero-order valence-corrected chi connectivity index (χ0v) is 9.66. The Morgan fingerprint density at radius 1 is 1.25 bits per heavy atom. The van der Waals surface area contributed by atoms with Crippen LogP contribution in [0.4, 0.5) is 0 Å². The van der Waals surface area contributed by atoms with Crippen molar-refractivity contribution in [3.8, 4) is 0 Å². The maximum atomic E-state index is 9.60. The van der Waals surface area contributed by atoms with Crippen LogP contribution in [0, 0.1) is 0 Å². The summed E-state index contributed by atoms with van der Waals surface area (Å²) in [5.41, 5.74) is 8.20. The van der Waals surface area contributed by atoms with Crippen LogP contribution in [0.2, 0.25) is 0 Å². The molecule has 6 heteroatoms. The van der Waals surface area contributed by atoms with E-state index in [0.717, 1.165) is 25.7 Å². The topological polar surface area (TPSA) is 109 Å². The molecule has 0 unspecified atom stereocenters. The van der Waals surface area contributed by atoms with Gasteiger partial charge in [0.1, 0.15) is 0 Å². The first-order valence-corrected chi connectivity index (χ1v) is 5.68. The van der Waals surface area contributed by atoms with E-state index in [2.05, 4.69) is 16.9 Å². The minimum atomic E-state index is -1.19. The molecule has 16 heavy (non-hydrogen) atoms. The van der Waals surface area contributed by atoms with Crippen molar-refractivity contribution in [2.45, 2.75) is 57.3 Å². The fraction of sp³-hybridized carbons (Fsp3) is 1.00. The molecule has 0 saturated carbocycles. The lowest BCUT2D eigenvalue weighted by atomic mass is 10.0. The van der Waals surface area contributed by atoms with Crippen LogP contribution in [-0.2, 0) is 0 Å². The quantitative estimate of drug-likeness (QED) is 0.241. The van der Waals surface area contributed by atoms with Crippen molar-refractivity contribution < 1.29 is 15.3 Å². The molecule has 0 radical (unpaired) electrons. The Morgan fingerprint density at radius 3 is 2.44 bits per heavy atom. The average molecular weight is 231 g/mol. The van der Waals surface area contributed by atoms with E-state index in [-0.39, 0.29) is 0 Å². The van der Waals surface area contributed by atoms with Gasteiger partial charge in [-0.15, -0.1) is 0 Å². The lowest BCUT2D eigenvalue weighted by Crippen LogP contribution is -2.38. The second-order valence-corrected chi connectivity index (χ2v) is 3.86. The summed E-state index contributed by atoms with van der Waals surface area (Å²) in [6.45, 7) is 1.63. The molecule has 94 valence electrons. The minimum Gasteiger partial charge on any atom is -0.396 e. The van der Waals surface area contributed by atoms with Gasteiger partial charge in [0.2, 0.25) is 0 Å². The molecule has 0 amide bonds. The largest absolute Gasteiger partial charge is 0.396 e. The summed E-state index contributed by atoms with van der Waals surface area (Å²) in [4.78, 5) is 2.51. The first-order valence-electron chi connectivity index (χ1n) is 5.68. The summed E-state index contributed by atoms with van der Waals surface area (Å²) < 4.78 is 0. The molecule has 3 atom stereocenters. The minimum absolute atomic E-state index is 0.457. The maximum Gasteiger partial charge on any atom is 0.0905 e. The van der Waals surface area contributed by atoms with Crippen molar-refractivity contribution in [3.63, 3.8) is 0 Å². The van der Waals surface area contributed by atoms with E-state index in [0.29, 0.717) is 6.42 Å². The molecular weight excluding hydrogens is 210 g/mol. The van der Waals surface area contributed by atoms with Crippen molar-refractivity contribution in [1.82, 2.24) is 0 Å². The molecule has 3 N–H and O–H groups in total. The van der Waals surface area contributed by atoms with Gasteiger partial charge in [-0.3, -0.25) is 0 Å². The fourth-order valence-corrected chi connectivity index (χ4v) is 1.49. The molecule has 0 aromatic heterocycles. The number of aliphatic hydroxyl groups excluding tert-OH is 3. The van der Waals surface area contributed by atoms with Crippen LogP contribution in [0.5, 0.6) is 0 Å². The second kappa shape index (κ2) is 9.42. The third-order valence-corrected chi connectivity index (χ3v) is 2.53. The Labute approximate surface area is 95.5 Å². The Morgan fingerprint density at radius 2 is 1.94 bits per heavy atom. The highest BCUT2D eigenvalue weighted by Gasteiger charge is 2.24. The van der Waals surface area contributed by atoms with E-state index < -0.39 is 24.9 Å². The molecule has 0 rings (SSSR count). The Kier molecular flexibility index (Phi) is 8.94. The number of hydrogen-bond donors (Lipinski definition) is 3. The van der Waals surface area contributed by atoms with E-state index in [1.807, 2.05) is 0 Å². The molecule has 0 heterocycles. The summed E-state index contributed by atoms with van der Waals surface area (Å²) in [7, 11) is 0. The van der Waals surface area contributed by atoms with E-state index in [1.165, 1.54) is 0 Å². The number of azide groups is 1. The first kappa shape index (κ1) is 15.2. The second-order valence-electron chi connectivity index (χ2n) is 3.86. The molecule has 0 aliphatic carbocycles. The standard InChI is InChI=1S/C10H21N3O3/c1-2-3-4-5-6-9(15)10(16)8(7-14)12-13-11/h8-10,14-16H,2-7H2,1H3/t8-,9-,10-/m0/s1. The van der Waals surface area contributed by atoms with Crippen LogP contribution in [0.3, 0.4) is 0 Å². The Bertz CT molecular complexity index is 219. The summed E-state index contributed by atoms with van der Waals surface area (Å²) in [6.07, 6.45) is 2.35. The normalized spacial score (nSPS) is 16.2. The van der Waals surface area contributed by atoms with E-state index in [1.54, 1.807) is 0 Å². The van der Waals surface area contributed by atoms with E-state index in [4.69, 9.17) is 10.6 Å². The smallest absolute Gasteiger partial charge is 0.0905 e. The van der Waals surface area contributed by atoms with Gasteiger partial charge in [0.25, 0.3) is 0 Å². The SMILES string of the molecule is CCCCCC[C@H](O)[C@@H](O)[C@H](CO)N=[N+]=[N-]. The molecule has 0 aromatic carbocycles. The summed E-state index contributed by atoms with van der Waals surface area (Å²) in [6, 6.07) is -0.967. The van der Waals surface area contributed by atoms with Gasteiger partial charge in [0.05, 0.1) is 24.9 Å². The van der Waals surface area contributed by atoms with Gasteiger partial charge < -0.3 is 15.3 Å². The van der Waals surface area contributed by atoms with Gasteiger partial charge in [0.15, 0.2) is 0 Å². The van der Waals surface area contributed by atoms with Crippen LogP contribution in [0.25, 0.3) is 10.4 Å². The average Bonchev–Trinajstić information content (AvgIpc) is 2.30. The summed E-state index contributed by atoms with van der Waals surface area (Å²) in [5, 5.41) is 31.3. The van der Waals surface area contributed by atoms with Crippen molar-refractivity contribution in [3.05, 3.63) is 10.4 Å². The zero-order chi connectivity index (χ0) is 12.4. The van der Waals surface area contributed by atoms with Crippen LogP contribution in [0.15, 0.2) is 5.11 Å². The van der Waals surface area contributed by atoms with E-state index in [9.17, 15) is 10.2 Å². The molecule has 6 nitrogen and oxygen atoms in total. The summed E-state index contributed by atoms with van der Waals surface area (Å²) >= 11 is 0. The molecule has 0 saturated heterocycles. The lowest BCUT2D eigenvalue weighted by molar-refractivity contribution is -0.0120. The zero-order valence-electron chi connectivity index (χ0n) is 9.66. The Balaban J connectivity index is 3.95. The van der Waals surface area contributed by atoms with Crippen LogP contribution >= 0.6 is 0 Å². The van der Waals surface area contributed by atoms with Crippen molar-refractivity contribution in [1.29, 1.82) is 0 Å². The third-order valence-electron chi connectivity index (χ3n) is 2.53. The van der Waals surface area contributed by atoms with Crippen LogP contribution in [0.1, 0.15) is 39.0 Å². The lowest BCUT2D eigenvalue weighted by Gasteiger charge is -2.21. The predicted octanol–water partition coefficient (Wildman–Crippen LogP) is 1.35. The van der Waals surface area contributed by atoms with Gasteiger partial charge in [0, 0.05) is 4.91 Å². The van der Waals surface area contributed by atoms with Gasteiger partial charge in [-0.2, -0.15) is 0 Å². The molecule has 0 aromatic rings. The monoisotopic (exact) mass is 231 g/mol. The van der Waals surface area contributed by atoms with Crippen LogP contribution in [-0.4, -0.2) is 40.2 Å². The molecule has 0 fully saturated rings. The van der Waals surface area contributed by atoms with Crippen molar-refractivity contribution >= 4 is 0 Å². The van der Waals surface area contributed by atoms with Crippen molar-refractivity contribution in [2.75, 3.05) is 6.61 Å². The third kappa shape index (κ3) is 5.92. The predicted molar refractivity (Wildman–Crippen MR) is 60.8 cm³/mol. The molecule has 0 bridgehead atoms. The highest BCUT2D eigenvalue weighted by atomic mass is 16.3. The molecule has 0 spiro atoms. The molecular formula is C10H21N3O3. The van der Waals surface area contributed by atoms with E-state index >= 15 is 0 Å². The van der Waals surface area contributed by atoms with Crippen molar-refractivity contribution in [2.24, 2.45) is 5.11 Å². The van der Waals surface area contributed by atoms with Gasteiger partial charge in [-0.1, -0.05) is 37.7 Å². The number of nitrogens with zero attached hydrogens (tertiary/aromatic N) is 3. The highest BCUT2D eigenvalue weighted by Crippen LogP contribution is 2.12. The van der Waals surface area contributed by atoms with Gasteiger partial charge >= 0.3 is 0 Å². The fourth-order valence-electron chi connectivity index (χ4n) is 1.49. The highest BCUT2D eigenvalue weighted by molar-refractivity contribution is 4.81.